The molecule has 0 fully saturated rings. The quantitative estimate of drug-likeness (QED) is 0.620. The number of carbonyl (C=O) groups is 1. The predicted octanol–water partition coefficient (Wildman–Crippen LogP) is 4.92. The minimum absolute atomic E-state index is 0.115. The monoisotopic (exact) mass is 444 g/mol. The lowest BCUT2D eigenvalue weighted by Gasteiger charge is -2.10. The highest BCUT2D eigenvalue weighted by molar-refractivity contribution is 9.10. The summed E-state index contributed by atoms with van der Waals surface area (Å²) in [6, 6.07) is 13.4. The van der Waals surface area contributed by atoms with Crippen LogP contribution in [0.15, 0.2) is 52.3 Å². The van der Waals surface area contributed by atoms with Gasteiger partial charge in [-0.2, -0.15) is 0 Å². The number of hydrogen-bond donors (Lipinski definition) is 1. The first-order valence-corrected chi connectivity index (χ1v) is 10.2. The third kappa shape index (κ3) is 4.48. The van der Waals surface area contributed by atoms with E-state index in [2.05, 4.69) is 26.2 Å². The Hall–Kier alpha value is -2.38. The normalized spacial score (nSPS) is 13.1. The first-order valence-electron chi connectivity index (χ1n) is 8.57. The molecule has 0 unspecified atom stereocenters. The lowest BCUT2D eigenvalue weighted by molar-refractivity contribution is -0.115. The minimum atomic E-state index is -0.115. The van der Waals surface area contributed by atoms with Crippen molar-refractivity contribution in [1.82, 2.24) is 4.98 Å². The van der Waals surface area contributed by atoms with Crippen LogP contribution >= 0.6 is 27.3 Å². The molecule has 1 aromatic heterocycles. The number of benzene rings is 2. The summed E-state index contributed by atoms with van der Waals surface area (Å²) in [5.74, 6) is 1.26. The molecule has 138 valence electrons. The Balaban J connectivity index is 1.42. The van der Waals surface area contributed by atoms with Gasteiger partial charge in [-0.05, 0) is 24.3 Å². The Morgan fingerprint density at radius 3 is 2.85 bits per heavy atom. The molecule has 7 heteroatoms. The number of carbonyl (C=O) groups excluding carboxylic acids is 1. The molecule has 5 nitrogen and oxygen atoms in total. The van der Waals surface area contributed by atoms with Gasteiger partial charge in [0, 0.05) is 33.6 Å². The van der Waals surface area contributed by atoms with Gasteiger partial charge in [0.05, 0.1) is 25.3 Å². The van der Waals surface area contributed by atoms with E-state index < -0.39 is 0 Å². The Morgan fingerprint density at radius 1 is 1.15 bits per heavy atom. The molecule has 0 atom stereocenters. The fourth-order valence-electron chi connectivity index (χ4n) is 2.75. The Kier molecular flexibility index (Phi) is 5.40. The minimum Gasteiger partial charge on any atom is -0.490 e. The first kappa shape index (κ1) is 18.0. The van der Waals surface area contributed by atoms with Gasteiger partial charge in [0.25, 0.3) is 0 Å². The molecule has 1 N–H and O–H groups in total. The smallest absolute Gasteiger partial charge is 0.230 e. The fraction of sp³-hybridized carbons (Fsp3) is 0.200. The van der Waals surface area contributed by atoms with E-state index in [1.54, 1.807) is 6.07 Å². The van der Waals surface area contributed by atoms with Gasteiger partial charge in [-0.15, -0.1) is 11.3 Å². The number of thiazole rings is 1. The van der Waals surface area contributed by atoms with Crippen molar-refractivity contribution >= 4 is 38.9 Å². The van der Waals surface area contributed by atoms with Crippen molar-refractivity contribution in [3.8, 4) is 22.1 Å². The van der Waals surface area contributed by atoms with E-state index in [0.717, 1.165) is 27.2 Å². The number of hydrogen-bond acceptors (Lipinski definition) is 5. The summed E-state index contributed by atoms with van der Waals surface area (Å²) in [5, 5.41) is 5.72. The molecule has 3 aromatic rings. The molecule has 4 rings (SSSR count). The average Bonchev–Trinajstić information content (AvgIpc) is 2.98. The summed E-state index contributed by atoms with van der Waals surface area (Å²) >= 11 is 5.00. The summed E-state index contributed by atoms with van der Waals surface area (Å²) in [6.07, 6.45) is 1.07. The summed E-state index contributed by atoms with van der Waals surface area (Å²) in [6.45, 7) is 1.25. The van der Waals surface area contributed by atoms with Gasteiger partial charge < -0.3 is 14.8 Å². The Labute approximate surface area is 169 Å². The van der Waals surface area contributed by atoms with Crippen LogP contribution in [-0.2, 0) is 11.2 Å². The number of halogens is 1. The summed E-state index contributed by atoms with van der Waals surface area (Å²) in [7, 11) is 0. The SMILES string of the molecule is O=C(Cc1csc(-c2cccc(Br)c2)n1)Nc1ccc2c(c1)OCCCO2. The molecular formula is C20H17BrN2O3S. The van der Waals surface area contributed by atoms with Crippen molar-refractivity contribution in [3.05, 3.63) is 58.0 Å². The number of anilines is 1. The van der Waals surface area contributed by atoms with Crippen LogP contribution in [0.2, 0.25) is 0 Å². The van der Waals surface area contributed by atoms with Gasteiger partial charge in [-0.3, -0.25) is 4.79 Å². The van der Waals surface area contributed by atoms with Crippen LogP contribution in [0.25, 0.3) is 10.6 Å². The Bertz CT molecular complexity index is 973. The van der Waals surface area contributed by atoms with Crippen molar-refractivity contribution in [1.29, 1.82) is 0 Å². The zero-order valence-electron chi connectivity index (χ0n) is 14.4. The van der Waals surface area contributed by atoms with Crippen molar-refractivity contribution in [3.63, 3.8) is 0 Å². The number of rotatable bonds is 4. The van der Waals surface area contributed by atoms with Gasteiger partial charge in [-0.25, -0.2) is 4.98 Å². The zero-order chi connectivity index (χ0) is 18.6. The van der Waals surface area contributed by atoms with Crippen LogP contribution in [0.4, 0.5) is 5.69 Å². The number of fused-ring (bicyclic) bond motifs is 1. The molecule has 2 heterocycles. The highest BCUT2D eigenvalue weighted by Crippen LogP contribution is 2.32. The third-order valence-corrected chi connectivity index (χ3v) is 5.43. The molecule has 1 aliphatic rings. The fourth-order valence-corrected chi connectivity index (χ4v) is 3.97. The van der Waals surface area contributed by atoms with E-state index in [9.17, 15) is 4.79 Å². The third-order valence-electron chi connectivity index (χ3n) is 4.00. The van der Waals surface area contributed by atoms with Crippen LogP contribution in [0.5, 0.6) is 11.5 Å². The lowest BCUT2D eigenvalue weighted by atomic mass is 10.2. The standard InChI is InChI=1S/C20H17BrN2O3S/c21-14-4-1-3-13(9-14)20-23-16(12-27-20)11-19(24)22-15-5-6-17-18(10-15)26-8-2-7-25-17/h1,3-6,9-10,12H,2,7-8,11H2,(H,22,24). The van der Waals surface area contributed by atoms with E-state index in [1.165, 1.54) is 11.3 Å². The lowest BCUT2D eigenvalue weighted by Crippen LogP contribution is -2.14. The molecular weight excluding hydrogens is 428 g/mol. The summed E-state index contributed by atoms with van der Waals surface area (Å²) in [4.78, 5) is 17.0. The van der Waals surface area contributed by atoms with Crippen molar-refractivity contribution in [2.45, 2.75) is 12.8 Å². The molecule has 0 spiro atoms. The van der Waals surface area contributed by atoms with E-state index in [0.29, 0.717) is 30.4 Å². The predicted molar refractivity (Wildman–Crippen MR) is 110 cm³/mol. The molecule has 27 heavy (non-hydrogen) atoms. The molecule has 0 radical (unpaired) electrons. The molecule has 0 aliphatic carbocycles. The number of nitrogens with one attached hydrogen (secondary N) is 1. The van der Waals surface area contributed by atoms with Gasteiger partial charge in [0.1, 0.15) is 5.01 Å². The second-order valence-corrected chi connectivity index (χ2v) is 7.87. The topological polar surface area (TPSA) is 60.5 Å². The summed E-state index contributed by atoms with van der Waals surface area (Å²) in [5.41, 5.74) is 2.47. The molecule has 0 saturated heterocycles. The number of amides is 1. The Morgan fingerprint density at radius 2 is 2.00 bits per heavy atom. The maximum atomic E-state index is 12.4. The van der Waals surface area contributed by atoms with E-state index in [1.807, 2.05) is 41.8 Å². The first-order chi connectivity index (χ1) is 13.2. The maximum absolute atomic E-state index is 12.4. The maximum Gasteiger partial charge on any atom is 0.230 e. The highest BCUT2D eigenvalue weighted by atomic mass is 79.9. The highest BCUT2D eigenvalue weighted by Gasteiger charge is 2.13. The van der Waals surface area contributed by atoms with Crippen molar-refractivity contribution in [2.75, 3.05) is 18.5 Å². The molecule has 1 aliphatic heterocycles. The van der Waals surface area contributed by atoms with Crippen LogP contribution in [0.1, 0.15) is 12.1 Å². The van der Waals surface area contributed by atoms with Gasteiger partial charge in [-0.1, -0.05) is 28.1 Å². The molecule has 2 aromatic carbocycles. The second-order valence-electron chi connectivity index (χ2n) is 6.09. The second kappa shape index (κ2) is 8.10. The van der Waals surface area contributed by atoms with Gasteiger partial charge >= 0.3 is 0 Å². The molecule has 0 bridgehead atoms. The number of nitrogens with zero attached hydrogens (tertiary/aromatic N) is 1. The van der Waals surface area contributed by atoms with Crippen LogP contribution < -0.4 is 14.8 Å². The summed E-state index contributed by atoms with van der Waals surface area (Å²) < 4.78 is 12.3. The van der Waals surface area contributed by atoms with Crippen molar-refractivity contribution in [2.24, 2.45) is 0 Å². The largest absolute Gasteiger partial charge is 0.490 e. The van der Waals surface area contributed by atoms with Gasteiger partial charge in [0.2, 0.25) is 5.91 Å². The number of aromatic nitrogens is 1. The van der Waals surface area contributed by atoms with E-state index in [4.69, 9.17) is 9.47 Å². The number of ether oxygens (including phenoxy) is 2. The van der Waals surface area contributed by atoms with Crippen molar-refractivity contribution < 1.29 is 14.3 Å². The molecule has 1 amide bonds. The zero-order valence-corrected chi connectivity index (χ0v) is 16.8. The van der Waals surface area contributed by atoms with E-state index >= 15 is 0 Å². The van der Waals surface area contributed by atoms with Crippen LogP contribution in [0, 0.1) is 0 Å². The van der Waals surface area contributed by atoms with Crippen LogP contribution in [-0.4, -0.2) is 24.1 Å². The molecule has 0 saturated carbocycles. The average molecular weight is 445 g/mol. The van der Waals surface area contributed by atoms with E-state index in [-0.39, 0.29) is 12.3 Å². The van der Waals surface area contributed by atoms with Gasteiger partial charge in [0.15, 0.2) is 11.5 Å². The van der Waals surface area contributed by atoms with Crippen LogP contribution in [0.3, 0.4) is 0 Å².